The highest BCUT2D eigenvalue weighted by atomic mass is 35.5. The summed E-state index contributed by atoms with van der Waals surface area (Å²) in [5.74, 6) is 0.637. The van der Waals surface area contributed by atoms with Gasteiger partial charge in [0.25, 0.3) is 0 Å². The van der Waals surface area contributed by atoms with E-state index in [1.165, 1.54) is 24.8 Å². The Bertz CT molecular complexity index is 409. The third kappa shape index (κ3) is 3.18. The van der Waals surface area contributed by atoms with Crippen LogP contribution in [0.4, 0.5) is 0 Å². The lowest BCUT2D eigenvalue weighted by Gasteiger charge is -2.29. The van der Waals surface area contributed by atoms with Gasteiger partial charge in [-0.15, -0.1) is 0 Å². The van der Waals surface area contributed by atoms with Crippen molar-refractivity contribution in [1.82, 2.24) is 4.90 Å². The Hall–Kier alpha value is -0.280. The topological polar surface area (TPSA) is 29.3 Å². The van der Waals surface area contributed by atoms with Gasteiger partial charge in [0.15, 0.2) is 0 Å². The van der Waals surface area contributed by atoms with Crippen molar-refractivity contribution in [3.63, 3.8) is 0 Å². The van der Waals surface area contributed by atoms with Gasteiger partial charge in [0.05, 0.1) is 10.0 Å². The number of hydrogen-bond donors (Lipinski definition) is 1. The molecule has 0 aromatic heterocycles. The number of benzene rings is 1. The molecule has 1 aliphatic rings. The number of rotatable bonds is 4. The summed E-state index contributed by atoms with van der Waals surface area (Å²) in [4.78, 5) is 2.39. The molecule has 0 aliphatic heterocycles. The smallest absolute Gasteiger partial charge is 0.0595 e. The minimum absolute atomic E-state index is 0.601. The van der Waals surface area contributed by atoms with E-state index in [9.17, 15) is 0 Å². The van der Waals surface area contributed by atoms with E-state index in [0.29, 0.717) is 22.0 Å². The van der Waals surface area contributed by atoms with Crippen LogP contribution in [-0.2, 0) is 6.54 Å². The minimum atomic E-state index is 0.601. The first-order chi connectivity index (χ1) is 8.61. The normalized spacial score (nSPS) is 23.8. The highest BCUT2D eigenvalue weighted by Crippen LogP contribution is 2.30. The van der Waals surface area contributed by atoms with Gasteiger partial charge in [0, 0.05) is 12.6 Å². The van der Waals surface area contributed by atoms with Crippen LogP contribution in [0.1, 0.15) is 24.8 Å². The summed E-state index contributed by atoms with van der Waals surface area (Å²) in [7, 11) is 2.17. The van der Waals surface area contributed by atoms with E-state index in [-0.39, 0.29) is 0 Å². The minimum Gasteiger partial charge on any atom is -0.330 e. The third-order valence-electron chi connectivity index (χ3n) is 3.90. The van der Waals surface area contributed by atoms with Crippen LogP contribution < -0.4 is 5.73 Å². The second-order valence-corrected chi connectivity index (χ2v) is 5.97. The Morgan fingerprint density at radius 3 is 2.72 bits per heavy atom. The standard InChI is InChI=1S/C14H20Cl2N2/c1-18(14-4-2-3-11(14)8-17)9-10-5-6-12(15)13(16)7-10/h5-7,11,14H,2-4,8-9,17H2,1H3. The SMILES string of the molecule is CN(Cc1ccc(Cl)c(Cl)c1)C1CCCC1CN. The molecule has 0 bridgehead atoms. The van der Waals surface area contributed by atoms with Gasteiger partial charge in [-0.2, -0.15) is 0 Å². The Labute approximate surface area is 119 Å². The Morgan fingerprint density at radius 2 is 2.06 bits per heavy atom. The van der Waals surface area contributed by atoms with Crippen LogP contribution in [0.25, 0.3) is 0 Å². The van der Waals surface area contributed by atoms with Crippen LogP contribution >= 0.6 is 23.2 Å². The maximum atomic E-state index is 6.04. The molecule has 0 spiro atoms. The van der Waals surface area contributed by atoms with E-state index in [1.807, 2.05) is 18.2 Å². The molecule has 1 fully saturated rings. The summed E-state index contributed by atoms with van der Waals surface area (Å²) in [5.41, 5.74) is 7.04. The summed E-state index contributed by atoms with van der Waals surface area (Å²) in [5, 5.41) is 1.24. The Kier molecular flexibility index (Phi) is 4.91. The zero-order valence-electron chi connectivity index (χ0n) is 10.7. The highest BCUT2D eigenvalue weighted by Gasteiger charge is 2.29. The molecule has 0 radical (unpaired) electrons. The molecule has 1 saturated carbocycles. The predicted molar refractivity (Wildman–Crippen MR) is 78.1 cm³/mol. The number of nitrogens with zero attached hydrogens (tertiary/aromatic N) is 1. The molecule has 0 heterocycles. The fourth-order valence-corrected chi connectivity index (χ4v) is 3.24. The average molecular weight is 287 g/mol. The van der Waals surface area contributed by atoms with Crippen molar-refractivity contribution in [2.45, 2.75) is 31.8 Å². The first-order valence-electron chi connectivity index (χ1n) is 6.46. The zero-order chi connectivity index (χ0) is 13.1. The summed E-state index contributed by atoms with van der Waals surface area (Å²) in [6, 6.07) is 6.45. The van der Waals surface area contributed by atoms with Gasteiger partial charge in [0.2, 0.25) is 0 Å². The van der Waals surface area contributed by atoms with E-state index in [2.05, 4.69) is 11.9 Å². The zero-order valence-corrected chi connectivity index (χ0v) is 12.2. The van der Waals surface area contributed by atoms with Crippen LogP contribution in [0.5, 0.6) is 0 Å². The molecule has 100 valence electrons. The van der Waals surface area contributed by atoms with E-state index in [4.69, 9.17) is 28.9 Å². The average Bonchev–Trinajstić information content (AvgIpc) is 2.82. The molecule has 18 heavy (non-hydrogen) atoms. The van der Waals surface area contributed by atoms with Crippen molar-refractivity contribution >= 4 is 23.2 Å². The van der Waals surface area contributed by atoms with Crippen LogP contribution in [0.2, 0.25) is 10.0 Å². The first-order valence-corrected chi connectivity index (χ1v) is 7.21. The van der Waals surface area contributed by atoms with Crippen molar-refractivity contribution in [2.24, 2.45) is 11.7 Å². The number of halogens is 2. The molecule has 1 aliphatic carbocycles. The maximum Gasteiger partial charge on any atom is 0.0595 e. The molecule has 2 unspecified atom stereocenters. The van der Waals surface area contributed by atoms with Crippen molar-refractivity contribution in [3.8, 4) is 0 Å². The molecule has 0 saturated heterocycles. The van der Waals surface area contributed by atoms with Gasteiger partial charge in [-0.3, -0.25) is 4.90 Å². The van der Waals surface area contributed by atoms with Gasteiger partial charge in [-0.1, -0.05) is 35.7 Å². The quantitative estimate of drug-likeness (QED) is 0.917. The molecule has 0 amide bonds. The fraction of sp³-hybridized carbons (Fsp3) is 0.571. The second kappa shape index (κ2) is 6.25. The van der Waals surface area contributed by atoms with Crippen LogP contribution in [0.15, 0.2) is 18.2 Å². The molecule has 2 rings (SSSR count). The van der Waals surface area contributed by atoms with Gasteiger partial charge in [-0.25, -0.2) is 0 Å². The Balaban J connectivity index is 2.02. The molecule has 1 aromatic carbocycles. The summed E-state index contributed by atoms with van der Waals surface area (Å²) in [6.45, 7) is 1.69. The fourth-order valence-electron chi connectivity index (χ4n) is 2.92. The third-order valence-corrected chi connectivity index (χ3v) is 4.64. The monoisotopic (exact) mass is 286 g/mol. The molecule has 2 N–H and O–H groups in total. The molecule has 4 heteroatoms. The molecule has 2 nitrogen and oxygen atoms in total. The number of nitrogens with two attached hydrogens (primary N) is 1. The van der Waals surface area contributed by atoms with E-state index < -0.39 is 0 Å². The van der Waals surface area contributed by atoms with Gasteiger partial charge in [0.1, 0.15) is 0 Å². The largest absolute Gasteiger partial charge is 0.330 e. The number of hydrogen-bond acceptors (Lipinski definition) is 2. The Morgan fingerprint density at radius 1 is 1.28 bits per heavy atom. The van der Waals surface area contributed by atoms with Crippen molar-refractivity contribution in [3.05, 3.63) is 33.8 Å². The maximum absolute atomic E-state index is 6.04. The van der Waals surface area contributed by atoms with Crippen molar-refractivity contribution in [1.29, 1.82) is 0 Å². The summed E-state index contributed by atoms with van der Waals surface area (Å²) in [6.07, 6.45) is 3.80. The lowest BCUT2D eigenvalue weighted by atomic mass is 10.0. The van der Waals surface area contributed by atoms with Crippen LogP contribution in [0, 0.1) is 5.92 Å². The van der Waals surface area contributed by atoms with E-state index >= 15 is 0 Å². The van der Waals surface area contributed by atoms with Crippen molar-refractivity contribution in [2.75, 3.05) is 13.6 Å². The summed E-state index contributed by atoms with van der Waals surface area (Å²) >= 11 is 12.0. The first kappa shape index (κ1) is 14.1. The molecular formula is C14H20Cl2N2. The highest BCUT2D eigenvalue weighted by molar-refractivity contribution is 6.42. The second-order valence-electron chi connectivity index (χ2n) is 5.16. The van der Waals surface area contributed by atoms with Gasteiger partial charge in [-0.05, 0) is 50.0 Å². The predicted octanol–water partition coefficient (Wildman–Crippen LogP) is 3.55. The summed E-state index contributed by atoms with van der Waals surface area (Å²) < 4.78 is 0. The van der Waals surface area contributed by atoms with Crippen molar-refractivity contribution < 1.29 is 0 Å². The van der Waals surface area contributed by atoms with E-state index in [1.54, 1.807) is 0 Å². The molecule has 2 atom stereocenters. The lowest BCUT2D eigenvalue weighted by molar-refractivity contribution is 0.193. The molecule has 1 aromatic rings. The lowest BCUT2D eigenvalue weighted by Crippen LogP contribution is -2.37. The van der Waals surface area contributed by atoms with Crippen LogP contribution in [0.3, 0.4) is 0 Å². The van der Waals surface area contributed by atoms with Gasteiger partial charge >= 0.3 is 0 Å². The molecular weight excluding hydrogens is 267 g/mol. The van der Waals surface area contributed by atoms with Gasteiger partial charge < -0.3 is 5.73 Å². The van der Waals surface area contributed by atoms with Crippen LogP contribution in [-0.4, -0.2) is 24.5 Å². The van der Waals surface area contributed by atoms with E-state index in [0.717, 1.165) is 13.1 Å².